The van der Waals surface area contributed by atoms with Gasteiger partial charge in [0.05, 0.1) is 6.26 Å². The molecule has 0 fully saturated rings. The molecule has 166 valence electrons. The van der Waals surface area contributed by atoms with Gasteiger partial charge >= 0.3 is 0 Å². The molecule has 3 heterocycles. The zero-order chi connectivity index (χ0) is 23.1. The summed E-state index contributed by atoms with van der Waals surface area (Å²) in [7, 11) is 0. The normalized spacial score (nSPS) is 13.2. The third-order valence-electron chi connectivity index (χ3n) is 5.70. The Balaban J connectivity index is 1.30. The molecule has 0 atom stereocenters. The maximum atomic E-state index is 12.6. The number of aromatic amines is 1. The predicted molar refractivity (Wildman–Crippen MR) is 121 cm³/mol. The van der Waals surface area contributed by atoms with Crippen molar-refractivity contribution in [1.29, 1.82) is 0 Å². The van der Waals surface area contributed by atoms with Gasteiger partial charge in [0.1, 0.15) is 17.1 Å². The van der Waals surface area contributed by atoms with Gasteiger partial charge in [0.2, 0.25) is 0 Å². The second-order valence-electron chi connectivity index (χ2n) is 7.83. The number of carbonyl (C=O) groups excluding carboxylic acids is 1. The molecule has 10 nitrogen and oxygen atoms in total. The number of amides is 1. The van der Waals surface area contributed by atoms with Crippen LogP contribution in [-0.4, -0.2) is 22.4 Å². The number of nitrogen functional groups attached to an aromatic ring is 1. The molecule has 33 heavy (non-hydrogen) atoms. The monoisotopic (exact) mass is 445 g/mol. The van der Waals surface area contributed by atoms with Crippen LogP contribution in [0.3, 0.4) is 0 Å². The molecule has 0 bridgehead atoms. The minimum absolute atomic E-state index is 0.0186. The largest absolute Gasteiger partial charge is 0.463 e. The highest BCUT2D eigenvalue weighted by Gasteiger charge is 2.26. The first-order valence-corrected chi connectivity index (χ1v) is 10.3. The minimum Gasteiger partial charge on any atom is -0.463 e. The number of carbonyl (C=O) groups is 1. The molecule has 0 saturated heterocycles. The summed E-state index contributed by atoms with van der Waals surface area (Å²) in [4.78, 5) is 56.3. The third kappa shape index (κ3) is 3.71. The van der Waals surface area contributed by atoms with Crippen molar-refractivity contribution in [3.63, 3.8) is 0 Å². The van der Waals surface area contributed by atoms with Crippen LogP contribution in [0.5, 0.6) is 0 Å². The Labute approximate surface area is 186 Å². The van der Waals surface area contributed by atoms with Gasteiger partial charge in [0, 0.05) is 25.7 Å². The number of fused-ring (bicyclic) bond motifs is 1. The number of rotatable bonds is 5. The molecule has 1 aliphatic heterocycles. The number of benzene rings is 1. The van der Waals surface area contributed by atoms with Crippen LogP contribution in [0, 0.1) is 0 Å². The molecule has 2 aromatic carbocycles. The average molecular weight is 445 g/mol. The van der Waals surface area contributed by atoms with Crippen molar-refractivity contribution in [2.24, 2.45) is 0 Å². The summed E-state index contributed by atoms with van der Waals surface area (Å²) in [6, 6.07) is 10.4. The van der Waals surface area contributed by atoms with E-state index in [1.165, 1.54) is 12.3 Å². The summed E-state index contributed by atoms with van der Waals surface area (Å²) >= 11 is 0. The van der Waals surface area contributed by atoms with Gasteiger partial charge in [-0.05, 0) is 35.2 Å². The van der Waals surface area contributed by atoms with E-state index in [1.807, 2.05) is 23.1 Å². The molecule has 0 aliphatic carbocycles. The summed E-state index contributed by atoms with van der Waals surface area (Å²) in [5, 5.41) is 2.75. The van der Waals surface area contributed by atoms with Crippen LogP contribution in [0.2, 0.25) is 0 Å². The molecule has 4 N–H and O–H groups in total. The summed E-state index contributed by atoms with van der Waals surface area (Å²) in [6.45, 7) is 1.26. The molecule has 0 saturated carbocycles. The van der Waals surface area contributed by atoms with Crippen molar-refractivity contribution in [2.75, 3.05) is 17.2 Å². The molecule has 1 aliphatic rings. The smallest absolute Gasteiger partial charge is 0.287 e. The number of nitrogens with one attached hydrogen (secondary N) is 2. The Morgan fingerprint density at radius 2 is 2.00 bits per heavy atom. The summed E-state index contributed by atoms with van der Waals surface area (Å²) < 4.78 is 5.25. The van der Waals surface area contributed by atoms with Crippen LogP contribution < -0.4 is 32.4 Å². The van der Waals surface area contributed by atoms with Crippen LogP contribution in [0.4, 0.5) is 11.4 Å². The lowest BCUT2D eigenvalue weighted by Gasteiger charge is -2.32. The van der Waals surface area contributed by atoms with Crippen molar-refractivity contribution < 1.29 is 9.21 Å². The molecule has 0 radical (unpaired) electrons. The Kier molecular flexibility index (Phi) is 4.89. The van der Waals surface area contributed by atoms with Gasteiger partial charge < -0.3 is 25.4 Å². The van der Waals surface area contributed by atoms with Crippen molar-refractivity contribution >= 4 is 17.3 Å². The first kappa shape index (κ1) is 20.4. The standard InChI is InChI=1S/C23H19N5O5/c24-18-19(21(31)20(18)30)28-6-5-13-4-3-12(8-14(13)11-28)10-25-23(32)22-26-15(9-17(29)27-22)16-2-1-7-33-16/h1-4,7-9H,5-6,10-11,24H2,(H,25,32)(H,26,27,29). The van der Waals surface area contributed by atoms with Crippen LogP contribution in [0.15, 0.2) is 61.5 Å². The fraction of sp³-hybridized carbons (Fsp3) is 0.174. The average Bonchev–Trinajstić information content (AvgIpc) is 3.37. The molecule has 2 aromatic heterocycles. The van der Waals surface area contributed by atoms with Gasteiger partial charge in [-0.15, -0.1) is 0 Å². The van der Waals surface area contributed by atoms with Crippen molar-refractivity contribution in [3.8, 4) is 11.5 Å². The third-order valence-corrected chi connectivity index (χ3v) is 5.70. The number of anilines is 2. The van der Waals surface area contributed by atoms with Crippen molar-refractivity contribution in [1.82, 2.24) is 15.3 Å². The van der Waals surface area contributed by atoms with Crippen LogP contribution in [0.25, 0.3) is 11.5 Å². The van der Waals surface area contributed by atoms with E-state index in [4.69, 9.17) is 10.2 Å². The van der Waals surface area contributed by atoms with E-state index in [0.29, 0.717) is 25.3 Å². The zero-order valence-electron chi connectivity index (χ0n) is 17.4. The van der Waals surface area contributed by atoms with Gasteiger partial charge in [-0.25, -0.2) is 4.98 Å². The van der Waals surface area contributed by atoms with E-state index in [2.05, 4.69) is 15.3 Å². The lowest BCUT2D eigenvalue weighted by Crippen LogP contribution is -2.44. The van der Waals surface area contributed by atoms with Crippen molar-refractivity contribution in [2.45, 2.75) is 19.5 Å². The minimum atomic E-state index is -0.630. The molecule has 5 rings (SSSR count). The lowest BCUT2D eigenvalue weighted by molar-refractivity contribution is 0.0940. The molecule has 4 aromatic rings. The number of hydrogen-bond donors (Lipinski definition) is 3. The maximum absolute atomic E-state index is 12.6. The first-order chi connectivity index (χ1) is 15.9. The highest BCUT2D eigenvalue weighted by Crippen LogP contribution is 2.26. The quantitative estimate of drug-likeness (QED) is 0.380. The topological polar surface area (TPSA) is 151 Å². The summed E-state index contributed by atoms with van der Waals surface area (Å²) in [5.41, 5.74) is 7.61. The SMILES string of the molecule is Nc1c(N2CCc3ccc(CNC(=O)c4nc(-c5ccco5)cc(=O)[nH]4)cc3C2)c(=O)c1=O. The first-order valence-electron chi connectivity index (χ1n) is 10.3. The van der Waals surface area contributed by atoms with E-state index in [0.717, 1.165) is 16.7 Å². The lowest BCUT2D eigenvalue weighted by atomic mass is 9.96. The molecular formula is C23H19N5O5. The molecule has 0 unspecified atom stereocenters. The Morgan fingerprint density at radius 3 is 2.76 bits per heavy atom. The van der Waals surface area contributed by atoms with E-state index in [-0.39, 0.29) is 29.4 Å². The highest BCUT2D eigenvalue weighted by atomic mass is 16.3. The fourth-order valence-electron chi connectivity index (χ4n) is 4.00. The van der Waals surface area contributed by atoms with Gasteiger partial charge in [-0.3, -0.25) is 19.2 Å². The highest BCUT2D eigenvalue weighted by molar-refractivity contribution is 5.90. The van der Waals surface area contributed by atoms with E-state index in [1.54, 1.807) is 12.1 Å². The van der Waals surface area contributed by atoms with Crippen LogP contribution >= 0.6 is 0 Å². The van der Waals surface area contributed by atoms with E-state index >= 15 is 0 Å². The number of aromatic nitrogens is 2. The molecular weight excluding hydrogens is 426 g/mol. The van der Waals surface area contributed by atoms with Crippen LogP contribution in [-0.2, 0) is 19.5 Å². The van der Waals surface area contributed by atoms with Gasteiger partial charge in [0.15, 0.2) is 11.6 Å². The summed E-state index contributed by atoms with van der Waals surface area (Å²) in [6.07, 6.45) is 2.17. The summed E-state index contributed by atoms with van der Waals surface area (Å²) in [5.74, 6) is -0.262. The molecule has 1 amide bonds. The Hall–Kier alpha value is -4.47. The fourth-order valence-corrected chi connectivity index (χ4v) is 4.00. The Morgan fingerprint density at radius 1 is 1.15 bits per heavy atom. The van der Waals surface area contributed by atoms with Gasteiger partial charge in [-0.1, -0.05) is 18.2 Å². The van der Waals surface area contributed by atoms with Crippen LogP contribution in [0.1, 0.15) is 27.3 Å². The number of nitrogens with two attached hydrogens (primary N) is 1. The number of H-pyrrole nitrogens is 1. The second-order valence-corrected chi connectivity index (χ2v) is 7.83. The number of nitrogens with zero attached hydrogens (tertiary/aromatic N) is 2. The predicted octanol–water partition coefficient (Wildman–Crippen LogP) is 0.701. The van der Waals surface area contributed by atoms with E-state index in [9.17, 15) is 19.2 Å². The Bertz CT molecular complexity index is 1490. The zero-order valence-corrected chi connectivity index (χ0v) is 17.4. The van der Waals surface area contributed by atoms with Crippen molar-refractivity contribution in [3.05, 3.63) is 96.0 Å². The maximum Gasteiger partial charge on any atom is 0.287 e. The number of hydrogen-bond acceptors (Lipinski definition) is 8. The van der Waals surface area contributed by atoms with E-state index < -0.39 is 22.3 Å². The molecule has 0 spiro atoms. The van der Waals surface area contributed by atoms with Gasteiger partial charge in [0.25, 0.3) is 22.3 Å². The van der Waals surface area contributed by atoms with Gasteiger partial charge in [-0.2, -0.15) is 0 Å². The second kappa shape index (κ2) is 7.90. The molecule has 10 heteroatoms. The number of furan rings is 1.